The van der Waals surface area contributed by atoms with Crippen LogP contribution in [0.5, 0.6) is 5.75 Å². The van der Waals surface area contributed by atoms with E-state index in [2.05, 4.69) is 32.8 Å². The molecule has 0 bridgehead atoms. The van der Waals surface area contributed by atoms with Gasteiger partial charge in [0, 0.05) is 43.5 Å². The van der Waals surface area contributed by atoms with Gasteiger partial charge in [0.15, 0.2) is 6.61 Å². The molecule has 4 rings (SSSR count). The maximum atomic E-state index is 14.1. The average molecular weight is 498 g/mol. The maximum absolute atomic E-state index is 14.1. The van der Waals surface area contributed by atoms with Crippen LogP contribution in [0.25, 0.3) is 0 Å². The molecule has 2 aromatic carbocycles. The Balaban J connectivity index is 1.30. The van der Waals surface area contributed by atoms with Crippen LogP contribution in [0.1, 0.15) is 49.9 Å². The Morgan fingerprint density at radius 1 is 1.00 bits per heavy atom. The third-order valence-electron chi connectivity index (χ3n) is 6.69. The van der Waals surface area contributed by atoms with Gasteiger partial charge in [-0.2, -0.15) is 0 Å². The number of piperazine rings is 1. The van der Waals surface area contributed by atoms with Crippen molar-refractivity contribution < 1.29 is 18.7 Å². The van der Waals surface area contributed by atoms with Crippen LogP contribution in [0.15, 0.2) is 42.5 Å². The smallest absolute Gasteiger partial charge is 0.315 e. The molecule has 0 radical (unpaired) electrons. The van der Waals surface area contributed by atoms with Crippen molar-refractivity contribution >= 4 is 17.6 Å². The van der Waals surface area contributed by atoms with E-state index in [-0.39, 0.29) is 36.4 Å². The number of urea groups is 1. The van der Waals surface area contributed by atoms with Crippen molar-refractivity contribution in [2.75, 3.05) is 44.7 Å². The Kier molecular flexibility index (Phi) is 8.30. The van der Waals surface area contributed by atoms with E-state index in [1.54, 1.807) is 18.2 Å². The van der Waals surface area contributed by atoms with Gasteiger partial charge in [-0.15, -0.1) is 0 Å². The molecule has 36 heavy (non-hydrogen) atoms. The lowest BCUT2D eigenvalue weighted by molar-refractivity contribution is -0.123. The second-order valence-electron chi connectivity index (χ2n) is 9.75. The normalized spacial score (nSPS) is 17.7. The van der Waals surface area contributed by atoms with Crippen LogP contribution in [-0.4, -0.2) is 62.7 Å². The predicted octanol–water partition coefficient (Wildman–Crippen LogP) is 3.36. The second-order valence-corrected chi connectivity index (χ2v) is 9.75. The minimum atomic E-state index is -0.375. The first-order valence-corrected chi connectivity index (χ1v) is 12.6. The van der Waals surface area contributed by atoms with Gasteiger partial charge in [-0.05, 0) is 69.6 Å². The first kappa shape index (κ1) is 25.8. The number of anilines is 1. The average Bonchev–Trinajstić information content (AvgIpc) is 3.67. The Bertz CT molecular complexity index is 1050. The largest absolute Gasteiger partial charge is 0.484 e. The number of benzene rings is 2. The first-order valence-electron chi connectivity index (χ1n) is 12.6. The van der Waals surface area contributed by atoms with Gasteiger partial charge in [0.1, 0.15) is 11.6 Å². The molecule has 2 atom stereocenters. The van der Waals surface area contributed by atoms with Crippen LogP contribution >= 0.6 is 0 Å². The summed E-state index contributed by atoms with van der Waals surface area (Å²) in [6.45, 7) is 7.33. The van der Waals surface area contributed by atoms with Gasteiger partial charge in [0.05, 0.1) is 12.1 Å². The van der Waals surface area contributed by atoms with E-state index in [1.165, 1.54) is 12.1 Å². The number of ether oxygens (including phenoxy) is 1. The summed E-state index contributed by atoms with van der Waals surface area (Å²) in [5.41, 5.74) is 2.61. The predicted molar refractivity (Wildman–Crippen MR) is 138 cm³/mol. The zero-order valence-electron chi connectivity index (χ0n) is 21.2. The lowest BCUT2D eigenvalue weighted by Crippen LogP contribution is -2.45. The third-order valence-corrected chi connectivity index (χ3v) is 6.69. The van der Waals surface area contributed by atoms with Crippen LogP contribution in [0.2, 0.25) is 0 Å². The van der Waals surface area contributed by atoms with Crippen molar-refractivity contribution in [2.45, 2.75) is 44.8 Å². The molecule has 2 fully saturated rings. The summed E-state index contributed by atoms with van der Waals surface area (Å²) in [6, 6.07) is 11.4. The molecular formula is C27H36FN5O3. The summed E-state index contributed by atoms with van der Waals surface area (Å²) in [5.74, 6) is 0.159. The van der Waals surface area contributed by atoms with Gasteiger partial charge in [0.25, 0.3) is 5.91 Å². The molecule has 194 valence electrons. The number of likely N-dealkylation sites (N-methyl/N-ethyl adjacent to an activating group) is 1. The number of hydrogen-bond donors (Lipinski definition) is 3. The van der Waals surface area contributed by atoms with Crippen LogP contribution in [0, 0.1) is 5.82 Å². The molecule has 1 heterocycles. The van der Waals surface area contributed by atoms with Gasteiger partial charge < -0.3 is 30.5 Å². The molecule has 3 N–H and O–H groups in total. The molecule has 0 aromatic heterocycles. The standard InChI is InChI=1S/C27H36FN5O3/c1-18(20-4-9-23(10-5-20)36-17-26(34)31-22-7-8-22)29-27(35)30-19(2)24-16-21(28)6-11-25(24)33-14-12-32(3)13-15-33/h4-6,9-11,16,18-19,22H,7-8,12-15,17H2,1-3H3,(H,31,34)(H2,29,30,35). The topological polar surface area (TPSA) is 85.9 Å². The second kappa shape index (κ2) is 11.6. The summed E-state index contributed by atoms with van der Waals surface area (Å²) in [4.78, 5) is 29.0. The van der Waals surface area contributed by atoms with E-state index >= 15 is 0 Å². The number of carbonyl (C=O) groups is 2. The van der Waals surface area contributed by atoms with Crippen molar-refractivity contribution in [1.29, 1.82) is 0 Å². The number of amides is 3. The van der Waals surface area contributed by atoms with E-state index in [0.717, 1.165) is 55.8 Å². The third kappa shape index (κ3) is 7.10. The Hall–Kier alpha value is -3.33. The zero-order chi connectivity index (χ0) is 25.7. The van der Waals surface area contributed by atoms with Crippen LogP contribution in [0.3, 0.4) is 0 Å². The molecule has 2 aromatic rings. The summed E-state index contributed by atoms with van der Waals surface area (Å²) >= 11 is 0. The van der Waals surface area contributed by atoms with E-state index < -0.39 is 0 Å². The highest BCUT2D eigenvalue weighted by Gasteiger charge is 2.24. The first-order chi connectivity index (χ1) is 17.3. The maximum Gasteiger partial charge on any atom is 0.315 e. The lowest BCUT2D eigenvalue weighted by Gasteiger charge is -2.36. The fourth-order valence-electron chi connectivity index (χ4n) is 4.30. The molecule has 3 amide bonds. The minimum Gasteiger partial charge on any atom is -0.484 e. The van der Waals surface area contributed by atoms with Gasteiger partial charge in [-0.1, -0.05) is 12.1 Å². The van der Waals surface area contributed by atoms with E-state index in [0.29, 0.717) is 11.8 Å². The van der Waals surface area contributed by atoms with Crippen molar-refractivity contribution in [1.82, 2.24) is 20.9 Å². The molecule has 8 nitrogen and oxygen atoms in total. The highest BCUT2D eigenvalue weighted by molar-refractivity contribution is 5.78. The number of nitrogens with one attached hydrogen (secondary N) is 3. The Labute approximate surface area is 212 Å². The quantitative estimate of drug-likeness (QED) is 0.495. The molecule has 9 heteroatoms. The monoisotopic (exact) mass is 497 g/mol. The number of carbonyl (C=O) groups excluding carboxylic acids is 2. The minimum absolute atomic E-state index is 0.0137. The molecular weight excluding hydrogens is 461 g/mol. The summed E-state index contributed by atoms with van der Waals surface area (Å²) in [5, 5.41) is 8.79. The fraction of sp³-hybridized carbons (Fsp3) is 0.481. The van der Waals surface area contributed by atoms with E-state index in [4.69, 9.17) is 4.74 Å². The summed E-state index contributed by atoms with van der Waals surface area (Å²) < 4.78 is 19.6. The number of halogens is 1. The molecule has 1 aliphatic heterocycles. The van der Waals surface area contributed by atoms with Crippen LogP contribution < -0.4 is 25.6 Å². The van der Waals surface area contributed by atoms with Crippen LogP contribution in [0.4, 0.5) is 14.9 Å². The molecule has 2 aliphatic rings. The highest BCUT2D eigenvalue weighted by Crippen LogP contribution is 2.28. The number of nitrogens with zero attached hydrogens (tertiary/aromatic N) is 2. The number of rotatable bonds is 9. The Morgan fingerprint density at radius 3 is 2.33 bits per heavy atom. The van der Waals surface area contributed by atoms with Gasteiger partial charge in [-0.3, -0.25) is 4.79 Å². The van der Waals surface area contributed by atoms with Gasteiger partial charge >= 0.3 is 6.03 Å². The summed E-state index contributed by atoms with van der Waals surface area (Å²) in [7, 11) is 2.09. The molecule has 0 spiro atoms. The van der Waals surface area contributed by atoms with Crippen molar-refractivity contribution in [3.8, 4) is 5.75 Å². The molecule has 1 saturated heterocycles. The van der Waals surface area contributed by atoms with E-state index in [9.17, 15) is 14.0 Å². The Morgan fingerprint density at radius 2 is 1.67 bits per heavy atom. The molecule has 1 aliphatic carbocycles. The lowest BCUT2D eigenvalue weighted by atomic mass is 10.0. The van der Waals surface area contributed by atoms with Gasteiger partial charge in [0.2, 0.25) is 0 Å². The molecule has 1 saturated carbocycles. The van der Waals surface area contributed by atoms with Crippen molar-refractivity contribution in [3.63, 3.8) is 0 Å². The fourth-order valence-corrected chi connectivity index (χ4v) is 4.30. The molecule has 2 unspecified atom stereocenters. The zero-order valence-corrected chi connectivity index (χ0v) is 21.2. The van der Waals surface area contributed by atoms with Crippen molar-refractivity contribution in [3.05, 3.63) is 59.4 Å². The van der Waals surface area contributed by atoms with Gasteiger partial charge in [-0.25, -0.2) is 9.18 Å². The SMILES string of the molecule is CC(NC(=O)NC(C)c1cc(F)ccc1N1CCN(C)CC1)c1ccc(OCC(=O)NC2CC2)cc1. The summed E-state index contributed by atoms with van der Waals surface area (Å²) in [6.07, 6.45) is 2.08. The highest BCUT2D eigenvalue weighted by atomic mass is 19.1. The van der Waals surface area contributed by atoms with Crippen molar-refractivity contribution in [2.24, 2.45) is 0 Å². The van der Waals surface area contributed by atoms with E-state index in [1.807, 2.05) is 26.0 Å². The number of hydrogen-bond acceptors (Lipinski definition) is 5. The van der Waals surface area contributed by atoms with Crippen LogP contribution in [-0.2, 0) is 4.79 Å².